The van der Waals surface area contributed by atoms with Crippen LogP contribution < -0.4 is 11.0 Å². The molecule has 0 saturated carbocycles. The van der Waals surface area contributed by atoms with Crippen LogP contribution in [0.15, 0.2) is 30.6 Å². The average molecular weight is 429 g/mol. The molecule has 2 N–H and O–H groups in total. The van der Waals surface area contributed by atoms with Crippen LogP contribution in [0.25, 0.3) is 11.3 Å². The smallest absolute Gasteiger partial charge is 0.132 e. The summed E-state index contributed by atoms with van der Waals surface area (Å²) < 4.78 is 12.3. The molecule has 0 amide bonds. The van der Waals surface area contributed by atoms with Crippen molar-refractivity contribution in [2.75, 3.05) is 19.1 Å². The first-order chi connectivity index (χ1) is 9.91. The van der Waals surface area contributed by atoms with Gasteiger partial charge in [0.2, 0.25) is 0 Å². The van der Waals surface area contributed by atoms with Crippen LogP contribution in [0.5, 0.6) is 0 Å². The van der Waals surface area contributed by atoms with Crippen molar-refractivity contribution in [2.45, 2.75) is 0 Å². The summed E-state index contributed by atoms with van der Waals surface area (Å²) >= 11 is 2.10. The number of nitrogen functional groups attached to an aromatic ring is 1. The van der Waals surface area contributed by atoms with Gasteiger partial charge in [0.05, 0.1) is 18.1 Å². The monoisotopic (exact) mass is 429 g/mol. The Balaban J connectivity index is 2.41. The Morgan fingerprint density at radius 2 is 2.05 bits per heavy atom. The van der Waals surface area contributed by atoms with Crippen molar-refractivity contribution in [2.24, 2.45) is 0 Å². The SMILES string of the molecule is CP(C)(=O)c1cc(-c2cnc(C#CSI)cn2)ccc1N. The third-order valence-electron chi connectivity index (χ3n) is 2.78. The van der Waals surface area contributed by atoms with Gasteiger partial charge in [-0.1, -0.05) is 6.07 Å². The van der Waals surface area contributed by atoms with Crippen LogP contribution in [0.2, 0.25) is 0 Å². The van der Waals surface area contributed by atoms with Gasteiger partial charge in [0.1, 0.15) is 12.8 Å². The molecule has 21 heavy (non-hydrogen) atoms. The normalized spacial score (nSPS) is 10.8. The van der Waals surface area contributed by atoms with Gasteiger partial charge in [-0.15, -0.1) is 0 Å². The third-order valence-corrected chi connectivity index (χ3v) is 5.16. The Labute approximate surface area is 140 Å². The molecule has 0 aliphatic heterocycles. The van der Waals surface area contributed by atoms with E-state index in [9.17, 15) is 4.57 Å². The van der Waals surface area contributed by atoms with Gasteiger partial charge < -0.3 is 10.3 Å². The molecule has 0 fully saturated rings. The minimum atomic E-state index is -2.43. The van der Waals surface area contributed by atoms with E-state index in [1.54, 1.807) is 31.8 Å². The van der Waals surface area contributed by atoms with Crippen LogP contribution in [0.3, 0.4) is 0 Å². The Bertz CT molecular complexity index is 762. The summed E-state index contributed by atoms with van der Waals surface area (Å²) in [6.07, 6.45) is 3.29. The molecule has 2 rings (SSSR count). The fourth-order valence-corrected chi connectivity index (χ4v) is 3.40. The summed E-state index contributed by atoms with van der Waals surface area (Å²) in [5.41, 5.74) is 8.62. The summed E-state index contributed by atoms with van der Waals surface area (Å²) in [5.74, 6) is 2.89. The van der Waals surface area contributed by atoms with E-state index in [1.807, 2.05) is 12.1 Å². The molecule has 0 radical (unpaired) electrons. The summed E-state index contributed by atoms with van der Waals surface area (Å²) in [7, 11) is -1.03. The average Bonchev–Trinajstić information content (AvgIpc) is 2.45. The molecule has 0 spiro atoms. The van der Waals surface area contributed by atoms with Crippen molar-refractivity contribution in [3.8, 4) is 22.4 Å². The molecule has 0 atom stereocenters. The van der Waals surface area contributed by atoms with E-state index >= 15 is 0 Å². The molecule has 4 nitrogen and oxygen atoms in total. The van der Waals surface area contributed by atoms with E-state index in [0.29, 0.717) is 22.4 Å². The number of anilines is 1. The number of benzene rings is 1. The molecular weight excluding hydrogens is 416 g/mol. The maximum absolute atomic E-state index is 12.3. The number of hydrogen-bond acceptors (Lipinski definition) is 5. The zero-order valence-electron chi connectivity index (χ0n) is 11.5. The van der Waals surface area contributed by atoms with E-state index < -0.39 is 7.14 Å². The molecular formula is C14H13IN3OPS. The Hall–Kier alpha value is -1.03. The molecule has 0 aliphatic carbocycles. The third kappa shape index (κ3) is 4.22. The van der Waals surface area contributed by atoms with Crippen molar-refractivity contribution in [3.63, 3.8) is 0 Å². The highest BCUT2D eigenvalue weighted by molar-refractivity contribution is 14.2. The highest BCUT2D eigenvalue weighted by atomic mass is 127. The van der Waals surface area contributed by atoms with Crippen molar-refractivity contribution in [3.05, 3.63) is 36.3 Å². The van der Waals surface area contributed by atoms with E-state index in [0.717, 1.165) is 5.56 Å². The van der Waals surface area contributed by atoms with Gasteiger partial charge in [-0.2, -0.15) is 0 Å². The van der Waals surface area contributed by atoms with Crippen LogP contribution in [0.1, 0.15) is 5.69 Å². The van der Waals surface area contributed by atoms with Crippen LogP contribution in [0.4, 0.5) is 5.69 Å². The molecule has 0 unspecified atom stereocenters. The molecule has 0 saturated heterocycles. The van der Waals surface area contributed by atoms with E-state index in [2.05, 4.69) is 42.3 Å². The van der Waals surface area contributed by atoms with Crippen LogP contribution in [-0.4, -0.2) is 23.3 Å². The second-order valence-electron chi connectivity index (χ2n) is 4.72. The number of rotatable bonds is 2. The summed E-state index contributed by atoms with van der Waals surface area (Å²) in [6, 6.07) is 5.43. The second kappa shape index (κ2) is 6.82. The van der Waals surface area contributed by atoms with Gasteiger partial charge in [0.25, 0.3) is 0 Å². The Morgan fingerprint density at radius 1 is 1.29 bits per heavy atom. The van der Waals surface area contributed by atoms with Crippen molar-refractivity contribution < 1.29 is 4.57 Å². The fourth-order valence-electron chi connectivity index (χ4n) is 1.78. The molecule has 2 aromatic rings. The van der Waals surface area contributed by atoms with Crippen molar-refractivity contribution in [1.82, 2.24) is 9.97 Å². The largest absolute Gasteiger partial charge is 0.398 e. The lowest BCUT2D eigenvalue weighted by molar-refractivity contribution is 0.588. The molecule has 0 bridgehead atoms. The first-order valence-corrected chi connectivity index (χ1v) is 11.9. The minimum absolute atomic E-state index is 0.543. The summed E-state index contributed by atoms with van der Waals surface area (Å²) in [5, 5.41) is 3.53. The number of aromatic nitrogens is 2. The predicted octanol–water partition coefficient (Wildman–Crippen LogP) is 3.37. The lowest BCUT2D eigenvalue weighted by atomic mass is 10.1. The lowest BCUT2D eigenvalue weighted by Gasteiger charge is -2.12. The number of hydrogen-bond donors (Lipinski definition) is 1. The second-order valence-corrected chi connectivity index (χ2v) is 9.58. The highest BCUT2D eigenvalue weighted by Crippen LogP contribution is 2.38. The van der Waals surface area contributed by atoms with Gasteiger partial charge >= 0.3 is 0 Å². The molecule has 1 aromatic heterocycles. The molecule has 1 heterocycles. The summed E-state index contributed by atoms with van der Waals surface area (Å²) in [6.45, 7) is 3.41. The van der Waals surface area contributed by atoms with E-state index in [-0.39, 0.29) is 0 Å². The number of nitrogens with two attached hydrogens (primary N) is 1. The molecule has 7 heteroatoms. The predicted molar refractivity (Wildman–Crippen MR) is 99.5 cm³/mol. The number of nitrogens with zero attached hydrogens (tertiary/aromatic N) is 2. The van der Waals surface area contributed by atoms with Gasteiger partial charge in [-0.3, -0.25) is 4.98 Å². The zero-order valence-corrected chi connectivity index (χ0v) is 15.4. The van der Waals surface area contributed by atoms with Gasteiger partial charge in [0.15, 0.2) is 0 Å². The standard InChI is InChI=1S/C14H13IN3OPS/c1-20(2,19)14-7-10(3-4-12(14)16)13-9-17-11(8-18-13)5-6-21-15/h3-4,7-9H,16H2,1-2H3. The minimum Gasteiger partial charge on any atom is -0.398 e. The van der Waals surface area contributed by atoms with Gasteiger partial charge in [-0.25, -0.2) is 4.98 Å². The topological polar surface area (TPSA) is 68.9 Å². The lowest BCUT2D eigenvalue weighted by Crippen LogP contribution is -2.10. The molecule has 1 aromatic carbocycles. The molecule has 0 aliphatic rings. The number of halogens is 1. The first kappa shape index (κ1) is 16.3. The molecule has 108 valence electrons. The summed E-state index contributed by atoms with van der Waals surface area (Å²) in [4.78, 5) is 8.60. The van der Waals surface area contributed by atoms with Crippen molar-refractivity contribution in [1.29, 1.82) is 0 Å². The van der Waals surface area contributed by atoms with Gasteiger partial charge in [-0.05, 0) is 45.6 Å². The van der Waals surface area contributed by atoms with Crippen LogP contribution in [0, 0.1) is 11.2 Å². The highest BCUT2D eigenvalue weighted by Gasteiger charge is 2.16. The maximum Gasteiger partial charge on any atom is 0.132 e. The Kier molecular flexibility index (Phi) is 5.31. The fraction of sp³-hybridized carbons (Fsp3) is 0.143. The Morgan fingerprint density at radius 3 is 2.62 bits per heavy atom. The van der Waals surface area contributed by atoms with E-state index in [1.165, 1.54) is 8.93 Å². The van der Waals surface area contributed by atoms with Crippen LogP contribution >= 0.6 is 37.3 Å². The van der Waals surface area contributed by atoms with Crippen molar-refractivity contribution >= 4 is 48.3 Å². The van der Waals surface area contributed by atoms with Gasteiger partial charge in [0, 0.05) is 37.8 Å². The quantitative estimate of drug-likeness (QED) is 0.343. The van der Waals surface area contributed by atoms with E-state index in [4.69, 9.17) is 5.73 Å². The first-order valence-electron chi connectivity index (χ1n) is 5.98. The zero-order chi connectivity index (χ0) is 15.5. The van der Waals surface area contributed by atoms with Crippen LogP contribution in [-0.2, 0) is 4.57 Å². The maximum atomic E-state index is 12.3.